The highest BCUT2D eigenvalue weighted by molar-refractivity contribution is 7.91. The molecule has 3 fully saturated rings. The Hall–Kier alpha value is -2.27. The summed E-state index contributed by atoms with van der Waals surface area (Å²) < 4.78 is 51.3. The van der Waals surface area contributed by atoms with Crippen LogP contribution in [0.5, 0.6) is 0 Å². The Kier molecular flexibility index (Phi) is 5.43. The normalized spacial score (nSPS) is 28.5. The van der Waals surface area contributed by atoms with Crippen molar-refractivity contribution in [2.75, 3.05) is 41.5 Å². The molecule has 11 heteroatoms. The van der Waals surface area contributed by atoms with Crippen molar-refractivity contribution in [2.24, 2.45) is 0 Å². The molecule has 2 amide bonds. The van der Waals surface area contributed by atoms with Crippen molar-refractivity contribution >= 4 is 34.7 Å². The number of benzene rings is 1. The monoisotopic (exact) mass is 429 g/mol. The second-order valence-corrected chi connectivity index (χ2v) is 8.86. The fraction of sp³-hybridized carbons (Fsp3) is 0.556. The van der Waals surface area contributed by atoms with E-state index in [1.165, 1.54) is 7.11 Å². The molecule has 29 heavy (non-hydrogen) atoms. The van der Waals surface area contributed by atoms with Crippen LogP contribution in [0.4, 0.5) is 29.7 Å². The smallest absolute Gasteiger partial charge is 0.414 e. The molecular formula is C18H21F2N3O5S. The molecule has 1 aromatic carbocycles. The van der Waals surface area contributed by atoms with Crippen LogP contribution >= 0.6 is 0 Å². The van der Waals surface area contributed by atoms with Crippen molar-refractivity contribution in [2.45, 2.75) is 31.0 Å². The van der Waals surface area contributed by atoms with E-state index in [1.807, 2.05) is 0 Å². The minimum atomic E-state index is -0.962. The van der Waals surface area contributed by atoms with Gasteiger partial charge in [0.15, 0.2) is 11.6 Å². The summed E-state index contributed by atoms with van der Waals surface area (Å²) in [5.41, 5.74) is -0.0864. The number of halogens is 2. The van der Waals surface area contributed by atoms with E-state index in [0.717, 1.165) is 29.9 Å². The van der Waals surface area contributed by atoms with E-state index in [2.05, 4.69) is 10.1 Å². The number of fused-ring (bicyclic) bond motifs is 2. The van der Waals surface area contributed by atoms with E-state index in [1.54, 1.807) is 4.90 Å². The van der Waals surface area contributed by atoms with Gasteiger partial charge in [0.2, 0.25) is 0 Å². The molecule has 1 aromatic rings. The minimum absolute atomic E-state index is 0.0201. The van der Waals surface area contributed by atoms with Crippen LogP contribution in [0.15, 0.2) is 12.1 Å². The number of amides is 2. The zero-order valence-corrected chi connectivity index (χ0v) is 16.5. The maximum absolute atomic E-state index is 14.9. The summed E-state index contributed by atoms with van der Waals surface area (Å²) in [4.78, 5) is 26.1. The van der Waals surface area contributed by atoms with Gasteiger partial charge in [-0.2, -0.15) is 0 Å². The number of rotatable bonds is 4. The average molecular weight is 429 g/mol. The molecule has 8 nitrogen and oxygen atoms in total. The number of carbonyl (C=O) groups is 2. The van der Waals surface area contributed by atoms with E-state index in [0.29, 0.717) is 11.5 Å². The van der Waals surface area contributed by atoms with Crippen LogP contribution in [0.1, 0.15) is 12.8 Å². The Morgan fingerprint density at radius 3 is 2.52 bits per heavy atom. The molecule has 3 heterocycles. The molecule has 3 saturated heterocycles. The van der Waals surface area contributed by atoms with Crippen molar-refractivity contribution in [3.63, 3.8) is 0 Å². The lowest BCUT2D eigenvalue weighted by atomic mass is 10.1. The number of anilines is 2. The largest absolute Gasteiger partial charge is 0.616 e. The number of cyclic esters (lactones) is 1. The van der Waals surface area contributed by atoms with Gasteiger partial charge < -0.3 is 24.2 Å². The number of nitrogens with one attached hydrogen (secondary N) is 1. The summed E-state index contributed by atoms with van der Waals surface area (Å²) in [6.45, 7) is 0.0568. The molecule has 0 aromatic heterocycles. The molecule has 158 valence electrons. The second-order valence-electron chi connectivity index (χ2n) is 7.31. The zero-order chi connectivity index (χ0) is 20.7. The number of carbonyl (C=O) groups excluding carboxylic acids is 2. The molecule has 4 rings (SSSR count). The van der Waals surface area contributed by atoms with Gasteiger partial charge in [-0.3, -0.25) is 4.90 Å². The number of methoxy groups -OCH3 is 1. The van der Waals surface area contributed by atoms with Gasteiger partial charge in [0.25, 0.3) is 0 Å². The maximum atomic E-state index is 14.9. The van der Waals surface area contributed by atoms with Crippen molar-refractivity contribution in [1.82, 2.24) is 5.32 Å². The average Bonchev–Trinajstić information content (AvgIpc) is 3.16. The molecule has 0 radical (unpaired) electrons. The molecule has 0 saturated carbocycles. The zero-order valence-electron chi connectivity index (χ0n) is 15.7. The van der Waals surface area contributed by atoms with Gasteiger partial charge in [0.1, 0.15) is 23.3 Å². The molecule has 0 spiro atoms. The van der Waals surface area contributed by atoms with Gasteiger partial charge in [0.05, 0.1) is 38.0 Å². The Morgan fingerprint density at radius 1 is 1.31 bits per heavy atom. The quantitative estimate of drug-likeness (QED) is 0.733. The number of alkyl carbamates (subject to hydrolysis) is 1. The van der Waals surface area contributed by atoms with Crippen LogP contribution in [0.2, 0.25) is 0 Å². The van der Waals surface area contributed by atoms with Gasteiger partial charge >= 0.3 is 12.2 Å². The molecule has 2 bridgehead atoms. The number of hydrogen-bond donors (Lipinski definition) is 1. The first-order chi connectivity index (χ1) is 13.9. The first-order valence-corrected chi connectivity index (χ1v) is 10.8. The third-order valence-electron chi connectivity index (χ3n) is 5.48. The first-order valence-electron chi connectivity index (χ1n) is 9.29. The van der Waals surface area contributed by atoms with Crippen LogP contribution in [0.25, 0.3) is 0 Å². The van der Waals surface area contributed by atoms with Crippen LogP contribution in [0.3, 0.4) is 0 Å². The molecule has 2 unspecified atom stereocenters. The van der Waals surface area contributed by atoms with Crippen molar-refractivity contribution < 1.29 is 32.4 Å². The van der Waals surface area contributed by atoms with Gasteiger partial charge in [-0.05, 0) is 24.0 Å². The summed E-state index contributed by atoms with van der Waals surface area (Å²) in [6.07, 6.45) is -0.575. The second kappa shape index (κ2) is 7.86. The molecule has 3 aliphatic heterocycles. The highest BCUT2D eigenvalue weighted by Crippen LogP contribution is 2.40. The summed E-state index contributed by atoms with van der Waals surface area (Å²) in [5, 5.41) is 2.42. The third kappa shape index (κ3) is 3.80. The topological polar surface area (TPSA) is 94.2 Å². The highest BCUT2D eigenvalue weighted by atomic mass is 32.2. The SMILES string of the molecule is COC(=O)NC[C@H]1CN(c2cc(F)c(N3C4CCC3C[S+]([O-])C4)c(F)c2)C(=O)O1. The number of nitrogens with zero attached hydrogens (tertiary/aromatic N) is 2. The standard InChI is InChI=1S/C18H21F2N3O5S/c1-27-17(24)21-6-13-7-22(18(25)28-13)12-4-14(19)16(15(20)5-12)23-10-2-3-11(23)9-29(26)8-10/h4-5,10-11,13H,2-3,6-9H2,1H3,(H,21,24)/t10?,11?,13-,29?/m0/s1. The minimum Gasteiger partial charge on any atom is -0.616 e. The lowest BCUT2D eigenvalue weighted by molar-refractivity contribution is 0.132. The number of ether oxygens (including phenoxy) is 2. The molecule has 3 atom stereocenters. The maximum Gasteiger partial charge on any atom is 0.414 e. The van der Waals surface area contributed by atoms with Crippen LogP contribution in [-0.2, 0) is 20.6 Å². The summed E-state index contributed by atoms with van der Waals surface area (Å²) >= 11 is -0.962. The summed E-state index contributed by atoms with van der Waals surface area (Å²) in [6, 6.07) is 1.94. The predicted molar refractivity (Wildman–Crippen MR) is 102 cm³/mol. The fourth-order valence-corrected chi connectivity index (χ4v) is 5.86. The number of hydrogen-bond acceptors (Lipinski definition) is 6. The van der Waals surface area contributed by atoms with E-state index in [9.17, 15) is 22.9 Å². The van der Waals surface area contributed by atoms with Crippen LogP contribution in [0, 0.1) is 11.6 Å². The lowest BCUT2D eigenvalue weighted by Gasteiger charge is -2.37. The Balaban J connectivity index is 1.52. The van der Waals surface area contributed by atoms with Gasteiger partial charge in [0, 0.05) is 12.1 Å². The van der Waals surface area contributed by atoms with E-state index >= 15 is 0 Å². The van der Waals surface area contributed by atoms with Gasteiger partial charge in [-0.25, -0.2) is 18.4 Å². The molecule has 1 N–H and O–H groups in total. The van der Waals surface area contributed by atoms with E-state index < -0.39 is 41.1 Å². The molecule has 0 aliphatic carbocycles. The molecular weight excluding hydrogens is 408 g/mol. The Bertz CT molecular complexity index is 792. The van der Waals surface area contributed by atoms with Crippen LogP contribution < -0.4 is 15.1 Å². The van der Waals surface area contributed by atoms with E-state index in [-0.39, 0.29) is 36.5 Å². The Labute approximate surface area is 169 Å². The van der Waals surface area contributed by atoms with Crippen molar-refractivity contribution in [3.05, 3.63) is 23.8 Å². The fourth-order valence-electron chi connectivity index (χ4n) is 4.21. The molecule has 3 aliphatic rings. The summed E-state index contributed by atoms with van der Waals surface area (Å²) in [5.74, 6) is -0.725. The highest BCUT2D eigenvalue weighted by Gasteiger charge is 2.45. The first kappa shape index (κ1) is 20.0. The Morgan fingerprint density at radius 2 is 1.93 bits per heavy atom. The van der Waals surface area contributed by atoms with Crippen molar-refractivity contribution in [3.8, 4) is 0 Å². The van der Waals surface area contributed by atoms with Gasteiger partial charge in [-0.15, -0.1) is 0 Å². The van der Waals surface area contributed by atoms with Gasteiger partial charge in [-0.1, -0.05) is 0 Å². The lowest BCUT2D eigenvalue weighted by Crippen LogP contribution is -2.49. The van der Waals surface area contributed by atoms with E-state index in [4.69, 9.17) is 4.74 Å². The van der Waals surface area contributed by atoms with Crippen LogP contribution in [-0.4, -0.2) is 66.6 Å². The predicted octanol–water partition coefficient (Wildman–Crippen LogP) is 1.75. The summed E-state index contributed by atoms with van der Waals surface area (Å²) in [7, 11) is 1.21. The third-order valence-corrected chi connectivity index (χ3v) is 6.99. The van der Waals surface area contributed by atoms with Crippen molar-refractivity contribution in [1.29, 1.82) is 0 Å².